The Morgan fingerprint density at radius 3 is 2.50 bits per heavy atom. The smallest absolute Gasteiger partial charge is 0.408 e. The van der Waals surface area contributed by atoms with Crippen molar-refractivity contribution >= 4 is 6.09 Å². The van der Waals surface area contributed by atoms with E-state index in [1.807, 2.05) is 58.9 Å². The van der Waals surface area contributed by atoms with Gasteiger partial charge in [0.25, 0.3) is 5.56 Å². The molecule has 0 saturated heterocycles. The number of nitrogens with zero attached hydrogens (tertiary/aromatic N) is 2. The number of fused-ring (bicyclic) bond motifs is 1. The van der Waals surface area contributed by atoms with Crippen molar-refractivity contribution in [2.24, 2.45) is 0 Å². The van der Waals surface area contributed by atoms with Crippen LogP contribution in [0, 0.1) is 0 Å². The van der Waals surface area contributed by atoms with Crippen LogP contribution >= 0.6 is 0 Å². The molecule has 1 heterocycles. The molecule has 1 amide bonds. The molecule has 0 fully saturated rings. The van der Waals surface area contributed by atoms with Gasteiger partial charge in [-0.2, -0.15) is 0 Å². The summed E-state index contributed by atoms with van der Waals surface area (Å²) in [5.41, 5.74) is 1.61. The van der Waals surface area contributed by atoms with E-state index in [1.54, 1.807) is 4.57 Å². The summed E-state index contributed by atoms with van der Waals surface area (Å²) in [5, 5.41) is 2.82. The number of amides is 1. The molecule has 1 aliphatic carbocycles. The van der Waals surface area contributed by atoms with Crippen molar-refractivity contribution in [1.29, 1.82) is 0 Å². The highest BCUT2D eigenvalue weighted by Crippen LogP contribution is 2.23. The zero-order chi connectivity index (χ0) is 21.9. The highest BCUT2D eigenvalue weighted by atomic mass is 16.6. The zero-order valence-corrected chi connectivity index (χ0v) is 18.4. The molecule has 7 nitrogen and oxygen atoms in total. The molecule has 30 heavy (non-hydrogen) atoms. The van der Waals surface area contributed by atoms with Gasteiger partial charge in [-0.25, -0.2) is 9.78 Å². The van der Waals surface area contributed by atoms with Crippen molar-refractivity contribution in [1.82, 2.24) is 14.9 Å². The molecule has 1 unspecified atom stereocenters. The SMILES string of the molecule is CCOc1ccc(-n2c(C(C)NC(=O)OC(C)(C)C)nc3c(c2=O)CCCC3)cc1. The number of alkyl carbamates (subject to hydrolysis) is 1. The standard InChI is InChI=1S/C23H31N3O4/c1-6-29-17-13-11-16(12-14-17)26-20(15(2)24-22(28)30-23(3,4)5)25-19-10-8-7-9-18(19)21(26)27/h11-15H,6-10H2,1-5H3,(H,24,28). The molecule has 1 aliphatic rings. The van der Waals surface area contributed by atoms with Crippen LogP contribution in [0.3, 0.4) is 0 Å². The quantitative estimate of drug-likeness (QED) is 0.798. The van der Waals surface area contributed by atoms with Crippen molar-refractivity contribution in [2.45, 2.75) is 71.9 Å². The van der Waals surface area contributed by atoms with Crippen LogP contribution in [0.4, 0.5) is 4.79 Å². The fourth-order valence-corrected chi connectivity index (χ4v) is 3.62. The van der Waals surface area contributed by atoms with Gasteiger partial charge in [-0.05, 0) is 84.6 Å². The van der Waals surface area contributed by atoms with Gasteiger partial charge in [0, 0.05) is 5.56 Å². The lowest BCUT2D eigenvalue weighted by Crippen LogP contribution is -2.38. The Morgan fingerprint density at radius 1 is 1.20 bits per heavy atom. The van der Waals surface area contributed by atoms with E-state index in [-0.39, 0.29) is 5.56 Å². The van der Waals surface area contributed by atoms with Crippen LogP contribution in [0.5, 0.6) is 5.75 Å². The number of benzene rings is 1. The van der Waals surface area contributed by atoms with Gasteiger partial charge >= 0.3 is 6.09 Å². The Labute approximate surface area is 177 Å². The summed E-state index contributed by atoms with van der Waals surface area (Å²) in [4.78, 5) is 30.5. The molecule has 2 aromatic rings. The van der Waals surface area contributed by atoms with E-state index >= 15 is 0 Å². The number of ether oxygens (including phenoxy) is 2. The van der Waals surface area contributed by atoms with E-state index in [4.69, 9.17) is 14.5 Å². The molecule has 1 aromatic carbocycles. The first-order valence-corrected chi connectivity index (χ1v) is 10.6. The monoisotopic (exact) mass is 413 g/mol. The van der Waals surface area contributed by atoms with Crippen LogP contribution in [0.2, 0.25) is 0 Å². The van der Waals surface area contributed by atoms with Gasteiger partial charge in [0.2, 0.25) is 0 Å². The second-order valence-corrected chi connectivity index (χ2v) is 8.54. The molecule has 7 heteroatoms. The number of rotatable bonds is 5. The predicted molar refractivity (Wildman–Crippen MR) is 115 cm³/mol. The second-order valence-electron chi connectivity index (χ2n) is 8.54. The summed E-state index contributed by atoms with van der Waals surface area (Å²) in [5.74, 6) is 1.23. The molecular formula is C23H31N3O4. The molecule has 3 rings (SSSR count). The Bertz CT molecular complexity index is 958. The summed E-state index contributed by atoms with van der Waals surface area (Å²) in [7, 11) is 0. The maximum absolute atomic E-state index is 13.4. The van der Waals surface area contributed by atoms with E-state index in [0.29, 0.717) is 18.1 Å². The summed E-state index contributed by atoms with van der Waals surface area (Å²) < 4.78 is 12.5. The van der Waals surface area contributed by atoms with Crippen molar-refractivity contribution in [3.8, 4) is 11.4 Å². The van der Waals surface area contributed by atoms with Crippen LogP contribution in [0.1, 0.15) is 70.6 Å². The maximum atomic E-state index is 13.4. The maximum Gasteiger partial charge on any atom is 0.408 e. The van der Waals surface area contributed by atoms with Crippen LogP contribution in [0.25, 0.3) is 5.69 Å². The lowest BCUT2D eigenvalue weighted by Gasteiger charge is -2.25. The average Bonchev–Trinajstić information content (AvgIpc) is 2.67. The van der Waals surface area contributed by atoms with Gasteiger partial charge in [0.15, 0.2) is 0 Å². The summed E-state index contributed by atoms with van der Waals surface area (Å²) in [6.45, 7) is 9.74. The third-order valence-corrected chi connectivity index (χ3v) is 4.91. The van der Waals surface area contributed by atoms with E-state index in [0.717, 1.165) is 42.7 Å². The number of hydrogen-bond donors (Lipinski definition) is 1. The fraction of sp³-hybridized carbons (Fsp3) is 0.522. The van der Waals surface area contributed by atoms with Gasteiger partial charge in [0.05, 0.1) is 24.0 Å². The molecular weight excluding hydrogens is 382 g/mol. The third-order valence-electron chi connectivity index (χ3n) is 4.91. The highest BCUT2D eigenvalue weighted by Gasteiger charge is 2.25. The normalized spacial score (nSPS) is 14.6. The molecule has 0 bridgehead atoms. The Morgan fingerprint density at radius 2 is 1.87 bits per heavy atom. The third kappa shape index (κ3) is 5.01. The van der Waals surface area contributed by atoms with Gasteiger partial charge in [-0.3, -0.25) is 9.36 Å². The molecule has 1 atom stereocenters. The first kappa shape index (κ1) is 21.9. The van der Waals surface area contributed by atoms with Gasteiger partial charge in [-0.15, -0.1) is 0 Å². The van der Waals surface area contributed by atoms with Crippen LogP contribution in [-0.4, -0.2) is 27.9 Å². The molecule has 0 saturated carbocycles. The summed E-state index contributed by atoms with van der Waals surface area (Å²) >= 11 is 0. The summed E-state index contributed by atoms with van der Waals surface area (Å²) in [6.07, 6.45) is 2.96. The Kier molecular flexibility index (Phi) is 6.48. The number of hydrogen-bond acceptors (Lipinski definition) is 5. The largest absolute Gasteiger partial charge is 0.494 e. The van der Waals surface area contributed by atoms with Crippen LogP contribution < -0.4 is 15.6 Å². The first-order chi connectivity index (χ1) is 14.2. The van der Waals surface area contributed by atoms with E-state index in [9.17, 15) is 9.59 Å². The van der Waals surface area contributed by atoms with Crippen molar-refractivity contribution in [2.75, 3.05) is 6.61 Å². The molecule has 0 aliphatic heterocycles. The zero-order valence-electron chi connectivity index (χ0n) is 18.4. The van der Waals surface area contributed by atoms with Crippen molar-refractivity contribution in [3.05, 3.63) is 51.7 Å². The number of nitrogens with one attached hydrogen (secondary N) is 1. The minimum Gasteiger partial charge on any atom is -0.494 e. The topological polar surface area (TPSA) is 82.4 Å². The first-order valence-electron chi connectivity index (χ1n) is 10.6. The van der Waals surface area contributed by atoms with Crippen molar-refractivity contribution < 1.29 is 14.3 Å². The van der Waals surface area contributed by atoms with Crippen LogP contribution in [-0.2, 0) is 17.6 Å². The lowest BCUT2D eigenvalue weighted by molar-refractivity contribution is 0.0505. The Hall–Kier alpha value is -2.83. The summed E-state index contributed by atoms with van der Waals surface area (Å²) in [6, 6.07) is 6.84. The molecule has 1 aromatic heterocycles. The van der Waals surface area contributed by atoms with E-state index < -0.39 is 17.7 Å². The Balaban J connectivity index is 2.03. The van der Waals surface area contributed by atoms with Gasteiger partial charge in [0.1, 0.15) is 17.2 Å². The van der Waals surface area contributed by atoms with E-state index in [2.05, 4.69) is 5.32 Å². The fourth-order valence-electron chi connectivity index (χ4n) is 3.62. The van der Waals surface area contributed by atoms with E-state index in [1.165, 1.54) is 0 Å². The minimum absolute atomic E-state index is 0.0725. The van der Waals surface area contributed by atoms with Gasteiger partial charge < -0.3 is 14.8 Å². The molecule has 162 valence electrons. The lowest BCUT2D eigenvalue weighted by atomic mass is 9.96. The number of carbonyl (C=O) groups excluding carboxylic acids is 1. The van der Waals surface area contributed by atoms with Crippen LogP contribution in [0.15, 0.2) is 29.1 Å². The number of carbonyl (C=O) groups is 1. The van der Waals surface area contributed by atoms with Gasteiger partial charge in [-0.1, -0.05) is 0 Å². The number of aryl methyl sites for hydroxylation is 1. The predicted octanol–water partition coefficient (Wildman–Crippen LogP) is 4.10. The minimum atomic E-state index is -0.609. The number of aromatic nitrogens is 2. The second kappa shape index (κ2) is 8.90. The molecule has 0 spiro atoms. The highest BCUT2D eigenvalue weighted by molar-refractivity contribution is 5.68. The van der Waals surface area contributed by atoms with Crippen molar-refractivity contribution in [3.63, 3.8) is 0 Å². The molecule has 1 N–H and O–H groups in total. The molecule has 0 radical (unpaired) electrons. The average molecular weight is 414 g/mol.